The highest BCUT2D eigenvalue weighted by molar-refractivity contribution is 6.01. The van der Waals surface area contributed by atoms with Gasteiger partial charge in [0.1, 0.15) is 34.2 Å². The molecule has 1 spiro atoms. The van der Waals surface area contributed by atoms with E-state index in [0.29, 0.717) is 78.2 Å². The maximum Gasteiger partial charge on any atom is 0.319 e. The summed E-state index contributed by atoms with van der Waals surface area (Å²) in [4.78, 5) is 15.9. The molecule has 2 aromatic heterocycles. The molecular formula is C33H36F2N4O6. The van der Waals surface area contributed by atoms with Crippen LogP contribution in [0.2, 0.25) is 0 Å². The first kappa shape index (κ1) is 30.0. The number of aromatic nitrogens is 3. The second kappa shape index (κ2) is 11.9. The lowest BCUT2D eigenvalue weighted by Gasteiger charge is -2.42. The number of aliphatic hydroxyl groups is 1. The van der Waals surface area contributed by atoms with E-state index in [1.54, 1.807) is 24.4 Å². The van der Waals surface area contributed by atoms with Gasteiger partial charge in [0.25, 0.3) is 0 Å². The first-order valence-corrected chi connectivity index (χ1v) is 15.3. The number of rotatable bonds is 10. The van der Waals surface area contributed by atoms with Gasteiger partial charge in [-0.05, 0) is 53.8 Å². The van der Waals surface area contributed by atoms with Crippen molar-refractivity contribution in [3.63, 3.8) is 0 Å². The Kier molecular flexibility index (Phi) is 7.93. The molecule has 12 heteroatoms. The van der Waals surface area contributed by atoms with E-state index in [-0.39, 0.29) is 48.5 Å². The molecule has 3 fully saturated rings. The number of benzene rings is 2. The van der Waals surface area contributed by atoms with E-state index < -0.39 is 11.4 Å². The lowest BCUT2D eigenvalue weighted by molar-refractivity contribution is -0.167. The second-order valence-electron chi connectivity index (χ2n) is 12.2. The average molecular weight is 623 g/mol. The SMILES string of the molecule is CCc1c(F)ccc2cc(OCOC)cc(-c3ncc4c(N5CCOCC6(CCO6)C5)nc(OCC5(CO)CC5)nc4c3F)c12. The van der Waals surface area contributed by atoms with Crippen molar-refractivity contribution in [2.45, 2.75) is 38.2 Å². The third-order valence-corrected chi connectivity index (χ3v) is 9.15. The topological polar surface area (TPSA) is 108 Å². The van der Waals surface area contributed by atoms with Gasteiger partial charge in [-0.15, -0.1) is 0 Å². The largest absolute Gasteiger partial charge is 0.468 e. The molecule has 7 rings (SSSR count). The monoisotopic (exact) mass is 622 g/mol. The number of halogens is 2. The van der Waals surface area contributed by atoms with Crippen LogP contribution in [0.1, 0.15) is 31.7 Å². The molecule has 1 saturated carbocycles. The molecule has 10 nitrogen and oxygen atoms in total. The van der Waals surface area contributed by atoms with Gasteiger partial charge < -0.3 is 33.7 Å². The molecule has 4 heterocycles. The Hall–Kier alpha value is -3.71. The Morgan fingerprint density at radius 3 is 2.64 bits per heavy atom. The Balaban J connectivity index is 1.40. The molecule has 2 aliphatic heterocycles. The minimum atomic E-state index is -0.693. The van der Waals surface area contributed by atoms with Crippen molar-refractivity contribution in [1.29, 1.82) is 0 Å². The van der Waals surface area contributed by atoms with Gasteiger partial charge >= 0.3 is 6.01 Å². The van der Waals surface area contributed by atoms with Gasteiger partial charge in [-0.1, -0.05) is 13.0 Å². The summed E-state index contributed by atoms with van der Waals surface area (Å²) in [6, 6.07) is 6.48. The first-order chi connectivity index (χ1) is 21.9. The maximum atomic E-state index is 16.9. The summed E-state index contributed by atoms with van der Waals surface area (Å²) in [5.41, 5.74) is 0.0512. The summed E-state index contributed by atoms with van der Waals surface area (Å²) in [7, 11) is 1.51. The van der Waals surface area contributed by atoms with Crippen molar-refractivity contribution >= 4 is 27.5 Å². The van der Waals surface area contributed by atoms with Gasteiger partial charge in [-0.3, -0.25) is 4.98 Å². The first-order valence-electron chi connectivity index (χ1n) is 15.3. The van der Waals surface area contributed by atoms with Crippen LogP contribution >= 0.6 is 0 Å². The van der Waals surface area contributed by atoms with Gasteiger partial charge in [-0.2, -0.15) is 9.97 Å². The molecule has 3 aliphatic rings. The minimum absolute atomic E-state index is 0.00159. The van der Waals surface area contributed by atoms with Crippen LogP contribution in [-0.4, -0.2) is 85.7 Å². The molecule has 2 saturated heterocycles. The van der Waals surface area contributed by atoms with E-state index >= 15 is 8.78 Å². The third-order valence-electron chi connectivity index (χ3n) is 9.15. The molecule has 1 atom stereocenters. The van der Waals surface area contributed by atoms with E-state index in [4.69, 9.17) is 28.7 Å². The summed E-state index contributed by atoms with van der Waals surface area (Å²) >= 11 is 0. The maximum absolute atomic E-state index is 16.9. The number of anilines is 1. The summed E-state index contributed by atoms with van der Waals surface area (Å²) < 4.78 is 60.7. The Morgan fingerprint density at radius 2 is 1.93 bits per heavy atom. The molecule has 4 aromatic rings. The molecule has 238 valence electrons. The number of methoxy groups -OCH3 is 1. The minimum Gasteiger partial charge on any atom is -0.468 e. The number of nitrogens with zero attached hydrogens (tertiary/aromatic N) is 4. The number of fused-ring (bicyclic) bond motifs is 2. The van der Waals surface area contributed by atoms with Gasteiger partial charge in [0, 0.05) is 37.3 Å². The fourth-order valence-electron chi connectivity index (χ4n) is 6.20. The normalized spacial score (nSPS) is 20.8. The van der Waals surface area contributed by atoms with Crippen LogP contribution in [0, 0.1) is 17.0 Å². The van der Waals surface area contributed by atoms with Crippen molar-refractivity contribution in [2.24, 2.45) is 5.41 Å². The van der Waals surface area contributed by atoms with Gasteiger partial charge in [-0.25, -0.2) is 8.78 Å². The number of aryl methyl sites for hydroxylation is 1. The standard InChI is InChI=1S/C33H36F2N4O6/c1-3-22-25(34)5-4-20-12-21(44-19-41-2)13-23(26(20)22)28-27(35)29-24(14-36-28)30(38-31(37-29)43-17-32(16-40)6-7-32)39-9-11-42-18-33(15-39)8-10-45-33/h4-5,12-14,40H,3,6-11,15-19H2,1-2H3. The van der Waals surface area contributed by atoms with E-state index in [1.165, 1.54) is 13.2 Å². The van der Waals surface area contributed by atoms with Crippen LogP contribution in [0.5, 0.6) is 11.8 Å². The Morgan fingerprint density at radius 1 is 1.09 bits per heavy atom. The van der Waals surface area contributed by atoms with Gasteiger partial charge in [0.15, 0.2) is 12.6 Å². The zero-order valence-electron chi connectivity index (χ0n) is 25.4. The summed E-state index contributed by atoms with van der Waals surface area (Å²) in [6.07, 6.45) is 4.46. The van der Waals surface area contributed by atoms with Crippen molar-refractivity contribution in [3.05, 3.63) is 47.7 Å². The number of pyridine rings is 1. The van der Waals surface area contributed by atoms with Crippen molar-refractivity contribution in [1.82, 2.24) is 15.0 Å². The van der Waals surface area contributed by atoms with Crippen LogP contribution in [0.25, 0.3) is 32.9 Å². The number of aliphatic hydroxyl groups excluding tert-OH is 1. The molecule has 0 amide bonds. The molecule has 1 unspecified atom stereocenters. The summed E-state index contributed by atoms with van der Waals surface area (Å²) in [6.45, 7) is 4.62. The molecular weight excluding hydrogens is 586 g/mol. The lowest BCUT2D eigenvalue weighted by atomic mass is 9.94. The molecule has 1 aliphatic carbocycles. The fourth-order valence-corrected chi connectivity index (χ4v) is 6.20. The zero-order valence-corrected chi connectivity index (χ0v) is 25.4. The fraction of sp³-hybridized carbons (Fsp3) is 0.485. The van der Waals surface area contributed by atoms with Gasteiger partial charge in [0.2, 0.25) is 0 Å². The predicted octanol–water partition coefficient (Wildman–Crippen LogP) is 4.82. The Bertz CT molecular complexity index is 1750. The zero-order chi connectivity index (χ0) is 31.2. The van der Waals surface area contributed by atoms with Crippen molar-refractivity contribution in [3.8, 4) is 23.0 Å². The van der Waals surface area contributed by atoms with Crippen LogP contribution in [0.4, 0.5) is 14.6 Å². The summed E-state index contributed by atoms with van der Waals surface area (Å²) in [5.74, 6) is -0.187. The van der Waals surface area contributed by atoms with Gasteiger partial charge in [0.05, 0.1) is 45.0 Å². The smallest absolute Gasteiger partial charge is 0.319 e. The number of ether oxygens (including phenoxy) is 5. The molecule has 2 aromatic carbocycles. The van der Waals surface area contributed by atoms with Crippen LogP contribution in [-0.2, 0) is 20.6 Å². The van der Waals surface area contributed by atoms with Crippen LogP contribution < -0.4 is 14.4 Å². The Labute approximate surface area is 259 Å². The lowest BCUT2D eigenvalue weighted by Crippen LogP contribution is -2.54. The highest BCUT2D eigenvalue weighted by atomic mass is 19.1. The quantitative estimate of drug-likeness (QED) is 0.248. The predicted molar refractivity (Wildman–Crippen MR) is 163 cm³/mol. The number of hydrogen-bond acceptors (Lipinski definition) is 10. The molecule has 0 bridgehead atoms. The van der Waals surface area contributed by atoms with Crippen LogP contribution in [0.15, 0.2) is 30.5 Å². The highest BCUT2D eigenvalue weighted by Crippen LogP contribution is 2.45. The van der Waals surface area contributed by atoms with E-state index in [9.17, 15) is 5.11 Å². The third kappa shape index (κ3) is 5.54. The summed E-state index contributed by atoms with van der Waals surface area (Å²) in [5, 5.41) is 11.5. The second-order valence-corrected chi connectivity index (χ2v) is 12.2. The van der Waals surface area contributed by atoms with E-state index in [2.05, 4.69) is 9.97 Å². The number of hydrogen-bond donors (Lipinski definition) is 1. The van der Waals surface area contributed by atoms with Crippen LogP contribution in [0.3, 0.4) is 0 Å². The van der Waals surface area contributed by atoms with E-state index in [1.807, 2.05) is 11.8 Å². The highest BCUT2D eigenvalue weighted by Gasteiger charge is 2.44. The van der Waals surface area contributed by atoms with E-state index in [0.717, 1.165) is 19.3 Å². The average Bonchev–Trinajstić information content (AvgIpc) is 3.86. The van der Waals surface area contributed by atoms with Crippen molar-refractivity contribution < 1.29 is 37.6 Å². The van der Waals surface area contributed by atoms with Crippen molar-refractivity contribution in [2.75, 3.05) is 64.9 Å². The molecule has 0 radical (unpaired) electrons. The molecule has 45 heavy (non-hydrogen) atoms. The molecule has 1 N–H and O–H groups in total.